The van der Waals surface area contributed by atoms with Gasteiger partial charge in [0.05, 0.1) is 34.3 Å². The van der Waals surface area contributed by atoms with E-state index in [1.54, 1.807) is 30.4 Å². The van der Waals surface area contributed by atoms with Crippen LogP contribution in [-0.2, 0) is 44.6 Å². The number of halogens is 2. The quantitative estimate of drug-likeness (QED) is 0.0133. The number of aromatic nitrogens is 1. The molecule has 366 valence electrons. The molecule has 1 aromatic carbocycles. The van der Waals surface area contributed by atoms with Gasteiger partial charge in [0.15, 0.2) is 11.4 Å². The molecular weight excluding hydrogens is 921 g/mol. The van der Waals surface area contributed by atoms with Crippen molar-refractivity contribution >= 4 is 77.8 Å². The first kappa shape index (κ1) is 51.9. The number of imide groups is 1. The van der Waals surface area contributed by atoms with E-state index in [2.05, 4.69) is 41.1 Å². The summed E-state index contributed by atoms with van der Waals surface area (Å²) in [4.78, 5) is 67.4. The maximum absolute atomic E-state index is 16.9. The molecule has 0 saturated carbocycles. The molecule has 3 aliphatic heterocycles. The Labute approximate surface area is 403 Å². The number of amides is 4. The van der Waals surface area contributed by atoms with E-state index in [0.29, 0.717) is 77.9 Å². The summed E-state index contributed by atoms with van der Waals surface area (Å²) >= 11 is 2.34. The number of thiophene rings is 1. The summed E-state index contributed by atoms with van der Waals surface area (Å²) in [5.74, 6) is -1.31. The number of allylic oxidation sites excluding steroid dienone is 3. The van der Waals surface area contributed by atoms with Gasteiger partial charge in [-0.2, -0.15) is 0 Å². The highest BCUT2D eigenvalue weighted by Crippen LogP contribution is 2.41. The highest BCUT2D eigenvalue weighted by molar-refractivity contribution is 7.94. The molecule has 0 aliphatic carbocycles. The molecule has 0 bridgehead atoms. The molecule has 6 rings (SSSR count). The van der Waals surface area contributed by atoms with Crippen molar-refractivity contribution in [2.24, 2.45) is 0 Å². The smallest absolute Gasteiger partial charge is 0.494 e. The maximum Gasteiger partial charge on any atom is 0.737 e. The third kappa shape index (κ3) is 14.1. The Balaban J connectivity index is 0.991. The Bertz CT molecular complexity index is 2400. The molecule has 4 amide bonds. The van der Waals surface area contributed by atoms with Crippen molar-refractivity contribution < 1.29 is 65.8 Å². The predicted molar refractivity (Wildman–Crippen MR) is 257 cm³/mol. The number of benzene rings is 1. The average Bonchev–Trinajstić information content (AvgIpc) is 4.10. The van der Waals surface area contributed by atoms with Gasteiger partial charge in [0.2, 0.25) is 11.8 Å². The summed E-state index contributed by atoms with van der Waals surface area (Å²) < 4.78 is 47.3. The van der Waals surface area contributed by atoms with Crippen LogP contribution in [0.3, 0.4) is 0 Å². The fourth-order valence-corrected chi connectivity index (χ4v) is 9.28. The Morgan fingerprint density at radius 1 is 0.985 bits per heavy atom. The van der Waals surface area contributed by atoms with E-state index in [1.807, 2.05) is 48.7 Å². The van der Waals surface area contributed by atoms with Crippen LogP contribution >= 0.6 is 23.4 Å². The second-order valence-corrected chi connectivity index (χ2v) is 19.6. The number of hydroxylamine groups is 2. The van der Waals surface area contributed by atoms with Crippen LogP contribution in [0, 0.1) is 0 Å². The van der Waals surface area contributed by atoms with Crippen molar-refractivity contribution in [3.05, 3.63) is 88.1 Å². The maximum atomic E-state index is 16.9. The first-order chi connectivity index (χ1) is 32.5. The van der Waals surface area contributed by atoms with Crippen molar-refractivity contribution in [1.82, 2.24) is 20.2 Å². The van der Waals surface area contributed by atoms with E-state index in [0.717, 1.165) is 62.0 Å². The standard InChI is InChI=1S/C47H59BF2N6O10S2/c1-33-30-36(53-39(33)32-40-35(12-10-29-68-66-65-62)31-41(42-14-11-28-67-42)54(40)48(53,49)50)20-17-34-18-21-37(22-19-34)63-27-9-15-43(57)52-38(13-6-8-26-56(2,3)4)47(61)51-25-7-5-16-46(60)64-55-44(58)23-24-45(55)59/h11,14,17-22,28,30-32,38H,5-10,12-13,15-16,23-27,29H2,1-4H3,(H2-,51,52,57,61,62)/p+1/b20-17+. The predicted octanol–water partition coefficient (Wildman–Crippen LogP) is 7.34. The molecule has 3 aliphatic rings. The van der Waals surface area contributed by atoms with Crippen molar-refractivity contribution in [3.63, 3.8) is 0 Å². The van der Waals surface area contributed by atoms with Gasteiger partial charge in [0.1, 0.15) is 11.8 Å². The number of quaternary nitrogens is 1. The van der Waals surface area contributed by atoms with E-state index in [1.165, 1.54) is 15.8 Å². The molecule has 3 aromatic rings. The number of hydrogen-bond donors (Lipinski definition) is 3. The minimum Gasteiger partial charge on any atom is -0.494 e. The molecule has 1 fully saturated rings. The van der Waals surface area contributed by atoms with Gasteiger partial charge in [0.25, 0.3) is 11.8 Å². The number of unbranched alkanes of at least 4 members (excludes halogenated alkanes) is 2. The number of rotatable bonds is 27. The third-order valence-electron chi connectivity index (χ3n) is 11.6. The van der Waals surface area contributed by atoms with Gasteiger partial charge in [0, 0.05) is 90.1 Å². The van der Waals surface area contributed by atoms with Gasteiger partial charge in [-0.3, -0.25) is 19.2 Å². The minimum atomic E-state index is -4.29. The number of nitrogens with zero attached hydrogens (tertiary/aromatic N) is 4. The third-order valence-corrected chi connectivity index (χ3v) is 13.1. The van der Waals surface area contributed by atoms with Crippen LogP contribution < -0.4 is 15.4 Å². The lowest BCUT2D eigenvalue weighted by molar-refractivity contribution is -0.870. The Kier molecular flexibility index (Phi) is 18.5. The SMILES string of the molecule is CC1=CC(/C=C/c2ccc(OCCCC(=O)NC(CCCC[N+](C)(C)C)C(=O)NCCCCC(=O)ON3C(=O)CCC3=O)cc2)=[N+]2C1=Cc1c(CCCSOOO)cc(-c3cccs3)n1[B-]2(F)F. The second kappa shape index (κ2) is 24.2. The minimum absolute atomic E-state index is 0.0172. The van der Waals surface area contributed by atoms with E-state index >= 15 is 8.63 Å². The topological polar surface area (TPSA) is 178 Å². The molecular formula is C47H60BF2N6O10S2+. The Hall–Kier alpha value is -5.45. The van der Waals surface area contributed by atoms with E-state index < -0.39 is 30.8 Å². The second-order valence-electron chi connectivity index (χ2n) is 17.9. The molecule has 1 atom stereocenters. The van der Waals surface area contributed by atoms with Crippen LogP contribution in [0.4, 0.5) is 8.63 Å². The lowest BCUT2D eigenvalue weighted by Gasteiger charge is -2.31. The van der Waals surface area contributed by atoms with Gasteiger partial charge >= 0.3 is 12.9 Å². The average molecular weight is 982 g/mol. The van der Waals surface area contributed by atoms with Gasteiger partial charge in [-0.15, -0.1) is 20.7 Å². The lowest BCUT2D eigenvalue weighted by atomic mass is 9.89. The van der Waals surface area contributed by atoms with Crippen LogP contribution in [0.5, 0.6) is 5.75 Å². The largest absolute Gasteiger partial charge is 0.737 e. The Morgan fingerprint density at radius 3 is 2.46 bits per heavy atom. The molecule has 0 spiro atoms. The van der Waals surface area contributed by atoms with E-state index in [-0.39, 0.29) is 50.6 Å². The summed E-state index contributed by atoms with van der Waals surface area (Å²) in [6.45, 7) is -1.04. The van der Waals surface area contributed by atoms with E-state index in [9.17, 15) is 24.0 Å². The van der Waals surface area contributed by atoms with Crippen molar-refractivity contribution in [2.45, 2.75) is 90.0 Å². The molecule has 1 unspecified atom stereocenters. The van der Waals surface area contributed by atoms with Gasteiger partial charge in [-0.1, -0.05) is 23.2 Å². The first-order valence-electron chi connectivity index (χ1n) is 22.9. The van der Waals surface area contributed by atoms with Crippen LogP contribution in [-0.4, -0.2) is 119 Å². The van der Waals surface area contributed by atoms with Crippen molar-refractivity contribution in [2.75, 3.05) is 46.6 Å². The van der Waals surface area contributed by atoms with Crippen molar-refractivity contribution in [3.8, 4) is 16.3 Å². The zero-order valence-electron chi connectivity index (χ0n) is 38.9. The number of ether oxygens (including phenoxy) is 1. The number of nitrogens with one attached hydrogen (secondary N) is 2. The summed E-state index contributed by atoms with van der Waals surface area (Å²) in [5.41, 5.74) is 4.03. The highest BCUT2D eigenvalue weighted by atomic mass is 32.2. The normalized spacial score (nSPS) is 15.9. The van der Waals surface area contributed by atoms with Crippen LogP contribution in [0.15, 0.2) is 71.3 Å². The molecule has 16 nitrogen and oxygen atoms in total. The molecule has 68 heavy (non-hydrogen) atoms. The van der Waals surface area contributed by atoms with Gasteiger partial charge in [-0.25, -0.2) is 10.1 Å². The monoisotopic (exact) mass is 981 g/mol. The number of aryl methyl sites for hydroxylation is 1. The molecule has 5 heterocycles. The van der Waals surface area contributed by atoms with E-state index in [4.69, 9.17) is 14.8 Å². The number of hydrogen-bond acceptors (Lipinski definition) is 12. The highest BCUT2D eigenvalue weighted by Gasteiger charge is 2.54. The van der Waals surface area contributed by atoms with Crippen LogP contribution in [0.2, 0.25) is 0 Å². The summed E-state index contributed by atoms with van der Waals surface area (Å²) in [6, 6.07) is 12.0. The zero-order valence-corrected chi connectivity index (χ0v) is 40.5. The van der Waals surface area contributed by atoms with Crippen LogP contribution in [0.25, 0.3) is 22.7 Å². The molecule has 0 radical (unpaired) electrons. The fourth-order valence-electron chi connectivity index (χ4n) is 8.16. The molecule has 1 saturated heterocycles. The van der Waals surface area contributed by atoms with Gasteiger partial charge < -0.3 is 42.3 Å². The summed E-state index contributed by atoms with van der Waals surface area (Å²) in [7, 11) is 6.27. The molecule has 21 heteroatoms. The zero-order chi connectivity index (χ0) is 48.8. The Morgan fingerprint density at radius 2 is 1.75 bits per heavy atom. The fraction of sp³-hybridized carbons (Fsp3) is 0.447. The van der Waals surface area contributed by atoms with Crippen molar-refractivity contribution in [1.29, 1.82) is 0 Å². The molecule has 2 aromatic heterocycles. The number of fused-ring (bicyclic) bond motifs is 2. The number of carbonyl (C=O) groups is 5. The molecule has 3 N–H and O–H groups in total. The summed E-state index contributed by atoms with van der Waals surface area (Å²) in [5, 5.41) is 20.2. The van der Waals surface area contributed by atoms with Crippen LogP contribution in [0.1, 0.15) is 94.4 Å². The number of carbonyl (C=O) groups excluding carboxylic acids is 5. The first-order valence-corrected chi connectivity index (χ1v) is 24.7. The lowest BCUT2D eigenvalue weighted by Crippen LogP contribution is -2.50. The summed E-state index contributed by atoms with van der Waals surface area (Å²) in [6.07, 6.45) is 11.6. The van der Waals surface area contributed by atoms with Gasteiger partial charge in [-0.05, 0) is 105 Å².